The number of halogens is 2. The number of ether oxygens (including phenoxy) is 1. The number of methoxy groups -OCH3 is 1. The molecule has 3 atom stereocenters. The van der Waals surface area contributed by atoms with E-state index in [9.17, 15) is 19.4 Å². The summed E-state index contributed by atoms with van der Waals surface area (Å²) in [7, 11) is 1.39. The molecule has 4 rings (SSSR count). The molecule has 0 saturated carbocycles. The fraction of sp³-hybridized carbons (Fsp3) is 0.222. The topological polar surface area (TPSA) is 104 Å². The van der Waals surface area contributed by atoms with Crippen LogP contribution in [0.1, 0.15) is 33.3 Å². The quantitative estimate of drug-likeness (QED) is 0.425. The Morgan fingerprint density at radius 3 is 2.56 bits per heavy atom. The van der Waals surface area contributed by atoms with Gasteiger partial charge in [-0.25, -0.2) is 8.78 Å². The van der Waals surface area contributed by atoms with E-state index in [0.717, 1.165) is 11.1 Å². The van der Waals surface area contributed by atoms with Crippen LogP contribution >= 0.6 is 0 Å². The van der Waals surface area contributed by atoms with Crippen LogP contribution in [0, 0.1) is 11.6 Å². The van der Waals surface area contributed by atoms with E-state index in [2.05, 4.69) is 15.3 Å². The van der Waals surface area contributed by atoms with Gasteiger partial charge in [0.2, 0.25) is 0 Å². The fourth-order valence-electron chi connectivity index (χ4n) is 4.10. The number of aliphatic imine (C=N–C) groups is 1. The monoisotopic (exact) mass is 493 g/mol. The number of benzene rings is 2. The summed E-state index contributed by atoms with van der Waals surface area (Å²) in [6, 6.07) is 14.0. The molecule has 0 spiro atoms. The highest BCUT2D eigenvalue weighted by Crippen LogP contribution is 2.26. The molecule has 0 fully saturated rings. The molecule has 1 amide bonds. The molecule has 0 saturated heterocycles. The largest absolute Gasteiger partial charge is 0.394 e. The summed E-state index contributed by atoms with van der Waals surface area (Å²) in [6.07, 6.45) is 0.934. The number of pyridine rings is 1. The van der Waals surface area contributed by atoms with Gasteiger partial charge in [-0.1, -0.05) is 24.3 Å². The predicted molar refractivity (Wildman–Crippen MR) is 131 cm³/mol. The van der Waals surface area contributed by atoms with Crippen molar-refractivity contribution in [2.24, 2.45) is 4.99 Å². The minimum atomic E-state index is -1.38. The Balaban J connectivity index is 1.65. The average molecular weight is 494 g/mol. The zero-order valence-electron chi connectivity index (χ0n) is 19.4. The standard InChI is InChI=1S/C27H25F2N3O4/c1-36-26(21-7-2-3-12-30-21)25(23(34)15-33)32-27(35)19-5-4-6-20(29)24(19)22-13-17(14-31-22)16-8-10-18(28)11-9-16/h2-13,23,25-26,33-34H,14-15H2,1H3,(H,32,35)/t23-,25+,26?/m1/s1. The maximum Gasteiger partial charge on any atom is 0.252 e. The number of rotatable bonds is 9. The Hall–Kier alpha value is -3.79. The van der Waals surface area contributed by atoms with Crippen molar-refractivity contribution in [3.05, 3.63) is 107 Å². The van der Waals surface area contributed by atoms with Crippen LogP contribution in [0.3, 0.4) is 0 Å². The SMILES string of the molecule is COC(c1ccccn1)[C@@H](NC(=O)c1cccc(F)c1C1=NCC(c2ccc(F)cc2)=C1)[C@H](O)CO. The van der Waals surface area contributed by atoms with E-state index in [1.54, 1.807) is 42.6 Å². The third-order valence-electron chi connectivity index (χ3n) is 5.92. The van der Waals surface area contributed by atoms with Gasteiger partial charge in [-0.2, -0.15) is 0 Å². The molecule has 7 nitrogen and oxygen atoms in total. The van der Waals surface area contributed by atoms with Crippen molar-refractivity contribution >= 4 is 17.2 Å². The lowest BCUT2D eigenvalue weighted by Crippen LogP contribution is -2.49. The van der Waals surface area contributed by atoms with Crippen LogP contribution in [0.25, 0.3) is 5.57 Å². The number of hydrogen-bond acceptors (Lipinski definition) is 6. The molecule has 0 bridgehead atoms. The van der Waals surface area contributed by atoms with Crippen LogP contribution in [-0.4, -0.2) is 59.2 Å². The lowest BCUT2D eigenvalue weighted by atomic mass is 9.97. The number of aliphatic hydroxyl groups excluding tert-OH is 2. The Morgan fingerprint density at radius 2 is 1.89 bits per heavy atom. The van der Waals surface area contributed by atoms with Crippen LogP contribution < -0.4 is 5.32 Å². The van der Waals surface area contributed by atoms with Crippen molar-refractivity contribution in [1.82, 2.24) is 10.3 Å². The number of aromatic nitrogens is 1. The molecular weight excluding hydrogens is 468 g/mol. The van der Waals surface area contributed by atoms with Gasteiger partial charge in [-0.15, -0.1) is 0 Å². The normalized spacial score (nSPS) is 15.6. The first kappa shape index (κ1) is 25.3. The van der Waals surface area contributed by atoms with Crippen molar-refractivity contribution < 1.29 is 28.5 Å². The van der Waals surface area contributed by atoms with Gasteiger partial charge in [0.15, 0.2) is 0 Å². The third-order valence-corrected chi connectivity index (χ3v) is 5.92. The molecule has 9 heteroatoms. The molecule has 1 aliphatic rings. The molecule has 0 radical (unpaired) electrons. The number of aliphatic hydroxyl groups is 2. The first-order valence-corrected chi connectivity index (χ1v) is 11.3. The van der Waals surface area contributed by atoms with Crippen LogP contribution in [-0.2, 0) is 4.74 Å². The summed E-state index contributed by atoms with van der Waals surface area (Å²) in [5, 5.41) is 22.8. The molecule has 3 aromatic rings. The summed E-state index contributed by atoms with van der Waals surface area (Å²) in [5.74, 6) is -1.71. The van der Waals surface area contributed by atoms with E-state index >= 15 is 4.39 Å². The van der Waals surface area contributed by atoms with E-state index in [-0.39, 0.29) is 29.2 Å². The minimum Gasteiger partial charge on any atom is -0.394 e. The van der Waals surface area contributed by atoms with E-state index in [0.29, 0.717) is 5.69 Å². The van der Waals surface area contributed by atoms with Crippen LogP contribution in [0.15, 0.2) is 77.9 Å². The van der Waals surface area contributed by atoms with Gasteiger partial charge in [0.1, 0.15) is 23.8 Å². The maximum atomic E-state index is 15.0. The number of carbonyl (C=O) groups excluding carboxylic acids is 1. The third kappa shape index (κ3) is 5.38. The zero-order valence-corrected chi connectivity index (χ0v) is 19.4. The van der Waals surface area contributed by atoms with Gasteiger partial charge in [-0.3, -0.25) is 14.8 Å². The second-order valence-corrected chi connectivity index (χ2v) is 8.20. The number of nitrogens with zero attached hydrogens (tertiary/aromatic N) is 2. The number of carbonyl (C=O) groups is 1. The molecule has 2 heterocycles. The van der Waals surface area contributed by atoms with Gasteiger partial charge in [0.05, 0.1) is 36.2 Å². The smallest absolute Gasteiger partial charge is 0.252 e. The summed E-state index contributed by atoms with van der Waals surface area (Å²) in [6.45, 7) is -0.405. The summed E-state index contributed by atoms with van der Waals surface area (Å²) in [5.41, 5.74) is 2.19. The van der Waals surface area contributed by atoms with Gasteiger partial charge < -0.3 is 20.3 Å². The lowest BCUT2D eigenvalue weighted by Gasteiger charge is -2.30. The number of allylic oxidation sites excluding steroid dienone is 1. The minimum absolute atomic E-state index is 0.00336. The summed E-state index contributed by atoms with van der Waals surface area (Å²) >= 11 is 0. The van der Waals surface area contributed by atoms with Crippen LogP contribution in [0.5, 0.6) is 0 Å². The first-order chi connectivity index (χ1) is 17.4. The van der Waals surface area contributed by atoms with Crippen molar-refractivity contribution in [2.75, 3.05) is 20.3 Å². The highest BCUT2D eigenvalue weighted by Gasteiger charge is 2.33. The molecule has 0 aliphatic carbocycles. The second-order valence-electron chi connectivity index (χ2n) is 8.20. The van der Waals surface area contributed by atoms with E-state index in [4.69, 9.17) is 4.74 Å². The van der Waals surface area contributed by atoms with Gasteiger partial charge in [0.25, 0.3) is 5.91 Å². The fourth-order valence-corrected chi connectivity index (χ4v) is 4.10. The number of nitrogens with one attached hydrogen (secondary N) is 1. The van der Waals surface area contributed by atoms with Crippen molar-refractivity contribution in [1.29, 1.82) is 0 Å². The molecule has 186 valence electrons. The molecule has 1 aromatic heterocycles. The Labute approximate surface area is 206 Å². The first-order valence-electron chi connectivity index (χ1n) is 11.3. The number of amides is 1. The Kier molecular flexibility index (Phi) is 7.94. The van der Waals surface area contributed by atoms with Crippen LogP contribution in [0.2, 0.25) is 0 Å². The molecule has 1 aliphatic heterocycles. The Morgan fingerprint density at radius 1 is 1.11 bits per heavy atom. The highest BCUT2D eigenvalue weighted by molar-refractivity contribution is 6.19. The van der Waals surface area contributed by atoms with Gasteiger partial charge >= 0.3 is 0 Å². The highest BCUT2D eigenvalue weighted by atomic mass is 19.1. The number of hydrogen-bond donors (Lipinski definition) is 3. The van der Waals surface area contributed by atoms with E-state index < -0.39 is 36.6 Å². The predicted octanol–water partition coefficient (Wildman–Crippen LogP) is 3.09. The molecular formula is C27H25F2N3O4. The molecule has 1 unspecified atom stereocenters. The average Bonchev–Trinajstić information content (AvgIpc) is 3.38. The summed E-state index contributed by atoms with van der Waals surface area (Å²) < 4.78 is 33.8. The lowest BCUT2D eigenvalue weighted by molar-refractivity contribution is -0.0141. The summed E-state index contributed by atoms with van der Waals surface area (Å²) in [4.78, 5) is 22.0. The molecule has 3 N–H and O–H groups in total. The zero-order chi connectivity index (χ0) is 25.7. The van der Waals surface area contributed by atoms with E-state index in [1.807, 2.05) is 0 Å². The van der Waals surface area contributed by atoms with Crippen LogP contribution in [0.4, 0.5) is 8.78 Å². The maximum absolute atomic E-state index is 15.0. The van der Waals surface area contributed by atoms with Gasteiger partial charge in [0, 0.05) is 18.9 Å². The van der Waals surface area contributed by atoms with E-state index in [1.165, 1.54) is 37.4 Å². The van der Waals surface area contributed by atoms with Crippen molar-refractivity contribution in [3.8, 4) is 0 Å². The molecule has 36 heavy (non-hydrogen) atoms. The second kappa shape index (κ2) is 11.3. The van der Waals surface area contributed by atoms with Gasteiger partial charge in [-0.05, 0) is 53.6 Å². The molecule has 2 aromatic carbocycles. The van der Waals surface area contributed by atoms with Crippen molar-refractivity contribution in [2.45, 2.75) is 18.2 Å². The Bertz CT molecular complexity index is 1280. The van der Waals surface area contributed by atoms with Crippen molar-refractivity contribution in [3.63, 3.8) is 0 Å².